The van der Waals surface area contributed by atoms with E-state index >= 15 is 0 Å². The molecule has 9 aromatic rings. The molecular weight excluding hydrogens is 909 g/mol. The van der Waals surface area contributed by atoms with Crippen LogP contribution in [0.25, 0.3) is 11.1 Å². The first-order chi connectivity index (χ1) is 36.3. The minimum absolute atomic E-state index is 0.554. The van der Waals surface area contributed by atoms with Crippen LogP contribution in [0.1, 0.15) is 77.6 Å². The minimum atomic E-state index is 0.554. The van der Waals surface area contributed by atoms with Crippen molar-refractivity contribution in [3.63, 3.8) is 0 Å². The molecule has 0 bridgehead atoms. The van der Waals surface area contributed by atoms with E-state index in [0.29, 0.717) is 21.9 Å². The standard InChI is InChI=1S/C66H70N6O2/c1-9-69(10-2)57-37-29-51(30-38-57)63(52-31-39-58(40-32-52)70(11-3)12-4)49-21-17-47(18-22-49)61-45-67-65(73-61)55-25-19-48(20-26-55)62-46-68-66(74-62)56-27-23-50(24-28-56)64(53-33-41-59(42-34-53)71(13-5)14-6)54-35-43-60(44-36-54)72(15-7)16-8/h17-46H,9-16H2,1-8H3. The van der Waals surface area contributed by atoms with E-state index in [0.717, 1.165) is 83.7 Å². The minimum Gasteiger partial charge on any atom is -0.436 e. The van der Waals surface area contributed by atoms with Gasteiger partial charge in [0.1, 0.15) is 0 Å². The number of oxazole rings is 2. The Morgan fingerprint density at radius 1 is 0.297 bits per heavy atom. The largest absolute Gasteiger partial charge is 0.436 e. The highest BCUT2D eigenvalue weighted by molar-refractivity contribution is 5.82. The van der Waals surface area contributed by atoms with Gasteiger partial charge in [-0.15, -0.1) is 0 Å². The zero-order valence-corrected chi connectivity index (χ0v) is 44.5. The van der Waals surface area contributed by atoms with Crippen molar-refractivity contribution >= 4 is 33.9 Å². The van der Waals surface area contributed by atoms with Gasteiger partial charge in [0.05, 0.1) is 12.4 Å². The highest BCUT2D eigenvalue weighted by Crippen LogP contribution is 2.28. The Bertz CT molecular complexity index is 3400. The van der Waals surface area contributed by atoms with E-state index in [2.05, 4.69) is 221 Å². The van der Waals surface area contributed by atoms with Crippen LogP contribution in [-0.2, 0) is 0 Å². The summed E-state index contributed by atoms with van der Waals surface area (Å²) in [6, 6.07) is 61.2. The quantitative estimate of drug-likeness (QED) is 0.0949. The van der Waals surface area contributed by atoms with E-state index in [1.54, 1.807) is 6.20 Å². The fraction of sp³-hybridized carbons (Fsp3) is 0.242. The number of rotatable bonds is 16. The number of nitrogens with zero attached hydrogens (tertiary/aromatic N) is 6. The third-order valence-electron chi connectivity index (χ3n) is 14.4. The average molecular weight is 979 g/mol. The molecule has 0 radical (unpaired) electrons. The van der Waals surface area contributed by atoms with Crippen molar-refractivity contribution in [2.45, 2.75) is 55.4 Å². The summed E-state index contributed by atoms with van der Waals surface area (Å²) in [5.74, 6) is 0. The van der Waals surface area contributed by atoms with Crippen LogP contribution in [0.4, 0.5) is 22.7 Å². The molecule has 8 nitrogen and oxygen atoms in total. The Balaban J connectivity index is 1.05. The van der Waals surface area contributed by atoms with Crippen LogP contribution in [0.2, 0.25) is 0 Å². The Hall–Kier alpha value is -8.10. The van der Waals surface area contributed by atoms with Crippen molar-refractivity contribution < 1.29 is 8.83 Å². The normalized spacial score (nSPS) is 11.1. The van der Waals surface area contributed by atoms with Gasteiger partial charge < -0.3 is 28.4 Å². The molecule has 0 unspecified atom stereocenters. The van der Waals surface area contributed by atoms with E-state index in [1.807, 2.05) is 30.5 Å². The van der Waals surface area contributed by atoms with Crippen molar-refractivity contribution in [2.24, 2.45) is 0 Å². The van der Waals surface area contributed by atoms with E-state index in [9.17, 15) is 0 Å². The summed E-state index contributed by atoms with van der Waals surface area (Å²) in [5, 5.41) is 5.93. The first kappa shape index (κ1) is 50.8. The number of benzene rings is 7. The van der Waals surface area contributed by atoms with Gasteiger partial charge in [-0.2, -0.15) is 0 Å². The van der Waals surface area contributed by atoms with Crippen LogP contribution in [0, 0.1) is 42.8 Å². The SMILES string of the molecule is CCN(CC)c1ccc(C(c2ccc(N(CC)CC)cc2)=c2ccc(=c3cnc(=c4ccc(=c5cnc(=c6ccc(=C(c7ccc(N(CC)CC)cc7)c7ccc(N(CC)CC)cc7)cc6)o5)cc4)o3)cc2)cc1. The second-order valence-electron chi connectivity index (χ2n) is 18.4. The molecule has 0 aliphatic rings. The van der Waals surface area contributed by atoms with Gasteiger partial charge in [0, 0.05) is 96.0 Å². The molecule has 2 aromatic heterocycles. The molecule has 0 saturated carbocycles. The van der Waals surface area contributed by atoms with Crippen molar-refractivity contribution in [3.8, 4) is 0 Å². The maximum atomic E-state index is 6.41. The second-order valence-corrected chi connectivity index (χ2v) is 18.4. The highest BCUT2D eigenvalue weighted by atomic mass is 16.3. The van der Waals surface area contributed by atoms with Crippen LogP contribution in [-0.4, -0.2) is 62.3 Å². The van der Waals surface area contributed by atoms with Crippen LogP contribution >= 0.6 is 0 Å². The number of hydrogen-bond donors (Lipinski definition) is 0. The first-order valence-corrected chi connectivity index (χ1v) is 26.7. The summed E-state index contributed by atoms with van der Waals surface area (Å²) in [6.45, 7) is 25.4. The molecule has 7 aromatic carbocycles. The first-order valence-electron chi connectivity index (χ1n) is 26.7. The van der Waals surface area contributed by atoms with E-state index in [-0.39, 0.29) is 0 Å². The van der Waals surface area contributed by atoms with E-state index in [1.165, 1.54) is 56.1 Å². The molecule has 74 heavy (non-hydrogen) atoms. The highest BCUT2D eigenvalue weighted by Gasteiger charge is 2.13. The lowest BCUT2D eigenvalue weighted by Crippen LogP contribution is -2.21. The van der Waals surface area contributed by atoms with Crippen LogP contribution in [0.15, 0.2) is 191 Å². The smallest absolute Gasteiger partial charge is 0.226 e. The maximum Gasteiger partial charge on any atom is 0.226 e. The van der Waals surface area contributed by atoms with Gasteiger partial charge in [-0.25, -0.2) is 9.97 Å². The molecule has 0 N–H and O–H groups in total. The molecule has 0 atom stereocenters. The van der Waals surface area contributed by atoms with Crippen molar-refractivity contribution in [1.82, 2.24) is 9.97 Å². The van der Waals surface area contributed by atoms with Crippen LogP contribution in [0.3, 0.4) is 0 Å². The summed E-state index contributed by atoms with van der Waals surface area (Å²) >= 11 is 0. The average Bonchev–Trinajstić information content (AvgIpc) is 4.17. The monoisotopic (exact) mass is 979 g/mol. The molecule has 0 aliphatic carbocycles. The van der Waals surface area contributed by atoms with Gasteiger partial charge in [-0.1, -0.05) is 97.1 Å². The molecule has 2 heterocycles. The predicted octanol–water partition coefficient (Wildman–Crippen LogP) is 12.7. The summed E-state index contributed by atoms with van der Waals surface area (Å²) in [5.41, 5.74) is 14.5. The molecule has 0 fully saturated rings. The summed E-state index contributed by atoms with van der Waals surface area (Å²) in [4.78, 5) is 18.9. The Kier molecular flexibility index (Phi) is 16.2. The van der Waals surface area contributed by atoms with Crippen LogP contribution in [0.5, 0.6) is 0 Å². The lowest BCUT2D eigenvalue weighted by Gasteiger charge is -2.22. The van der Waals surface area contributed by atoms with Gasteiger partial charge in [0.2, 0.25) is 11.1 Å². The van der Waals surface area contributed by atoms with E-state index < -0.39 is 0 Å². The molecule has 0 aliphatic heterocycles. The molecule has 0 spiro atoms. The lowest BCUT2D eigenvalue weighted by molar-refractivity contribution is 0.496. The number of anilines is 4. The molecular formula is C66H70N6O2. The summed E-state index contributed by atoms with van der Waals surface area (Å²) < 4.78 is 12.8. The zero-order valence-electron chi connectivity index (χ0n) is 44.5. The van der Waals surface area contributed by atoms with E-state index in [4.69, 9.17) is 18.8 Å². The lowest BCUT2D eigenvalue weighted by atomic mass is 9.94. The van der Waals surface area contributed by atoms with Gasteiger partial charge in [0.15, 0.2) is 10.8 Å². The topological polar surface area (TPSA) is 65.0 Å². The zero-order chi connectivity index (χ0) is 51.6. The second kappa shape index (κ2) is 23.6. The van der Waals surface area contributed by atoms with Crippen LogP contribution < -0.4 is 30.0 Å². The third-order valence-corrected chi connectivity index (χ3v) is 14.4. The Morgan fingerprint density at radius 3 is 0.784 bits per heavy atom. The van der Waals surface area contributed by atoms with Gasteiger partial charge in [0.25, 0.3) is 0 Å². The third kappa shape index (κ3) is 11.0. The number of hydrogen-bond acceptors (Lipinski definition) is 8. The molecule has 8 heteroatoms. The maximum absolute atomic E-state index is 6.41. The molecule has 0 saturated heterocycles. The van der Waals surface area contributed by atoms with Crippen molar-refractivity contribution in [3.05, 3.63) is 258 Å². The Morgan fingerprint density at radius 2 is 0.527 bits per heavy atom. The van der Waals surface area contributed by atoms with Gasteiger partial charge >= 0.3 is 0 Å². The Labute approximate surface area is 435 Å². The van der Waals surface area contributed by atoms with Gasteiger partial charge in [-0.05, 0) is 172 Å². The van der Waals surface area contributed by atoms with Crippen molar-refractivity contribution in [2.75, 3.05) is 72.0 Å². The fourth-order valence-corrected chi connectivity index (χ4v) is 10.2. The summed E-state index contributed by atoms with van der Waals surface area (Å²) in [6.07, 6.45) is 3.60. The number of aromatic nitrogens is 2. The fourth-order valence-electron chi connectivity index (χ4n) is 10.2. The molecule has 0 amide bonds. The molecule has 376 valence electrons. The molecule has 9 rings (SSSR count). The predicted molar refractivity (Wildman–Crippen MR) is 306 cm³/mol. The van der Waals surface area contributed by atoms with Crippen molar-refractivity contribution in [1.29, 1.82) is 0 Å². The summed E-state index contributed by atoms with van der Waals surface area (Å²) in [7, 11) is 0. The van der Waals surface area contributed by atoms with Gasteiger partial charge in [-0.3, -0.25) is 0 Å².